The maximum atomic E-state index is 9.81. The van der Waals surface area contributed by atoms with Gasteiger partial charge in [0, 0.05) is 13.1 Å². The number of rotatable bonds is 6. The monoisotopic (exact) mass is 230 g/mol. The summed E-state index contributed by atoms with van der Waals surface area (Å²) in [6.07, 6.45) is 2.23. The zero-order valence-electron chi connectivity index (χ0n) is 10.6. The molecule has 1 rings (SSSR count). The summed E-state index contributed by atoms with van der Waals surface area (Å²) in [5.74, 6) is 0.604. The number of aliphatic hydroxyl groups excluding tert-OH is 1. The molecule has 4 nitrogen and oxygen atoms in total. The molecule has 1 saturated heterocycles. The van der Waals surface area contributed by atoms with Gasteiger partial charge in [0.2, 0.25) is 0 Å². The largest absolute Gasteiger partial charge is 0.389 e. The third-order valence-corrected chi connectivity index (χ3v) is 3.03. The molecule has 3 N–H and O–H groups in total. The molecule has 1 heterocycles. The summed E-state index contributed by atoms with van der Waals surface area (Å²) in [5.41, 5.74) is 5.68. The molecule has 0 aliphatic carbocycles. The van der Waals surface area contributed by atoms with Crippen LogP contribution < -0.4 is 5.73 Å². The van der Waals surface area contributed by atoms with Crippen LogP contribution in [0.2, 0.25) is 0 Å². The number of aliphatic hydroxyl groups is 1. The van der Waals surface area contributed by atoms with Crippen LogP contribution in [0.5, 0.6) is 0 Å². The van der Waals surface area contributed by atoms with Gasteiger partial charge in [0.15, 0.2) is 0 Å². The van der Waals surface area contributed by atoms with Crippen molar-refractivity contribution in [3.8, 4) is 0 Å². The second kappa shape index (κ2) is 7.22. The summed E-state index contributed by atoms with van der Waals surface area (Å²) >= 11 is 0. The second-order valence-electron chi connectivity index (χ2n) is 5.04. The average Bonchev–Trinajstić information content (AvgIpc) is 2.26. The molecule has 0 saturated carbocycles. The molecule has 0 aromatic rings. The molecule has 4 heteroatoms. The Morgan fingerprint density at radius 2 is 2.25 bits per heavy atom. The lowest BCUT2D eigenvalue weighted by Gasteiger charge is -2.33. The highest BCUT2D eigenvalue weighted by Crippen LogP contribution is 2.15. The normalized spacial score (nSPS) is 24.9. The van der Waals surface area contributed by atoms with Gasteiger partial charge in [0.25, 0.3) is 0 Å². The summed E-state index contributed by atoms with van der Waals surface area (Å²) < 4.78 is 5.40. The van der Waals surface area contributed by atoms with Crippen molar-refractivity contribution < 1.29 is 9.84 Å². The molecular formula is C12H26N2O2. The molecule has 2 atom stereocenters. The van der Waals surface area contributed by atoms with Crippen LogP contribution in [0.3, 0.4) is 0 Å². The van der Waals surface area contributed by atoms with Crippen LogP contribution in [0.25, 0.3) is 0 Å². The number of nitrogens with zero attached hydrogens (tertiary/aromatic N) is 1. The summed E-state index contributed by atoms with van der Waals surface area (Å²) in [4.78, 5) is 2.30. The van der Waals surface area contributed by atoms with Gasteiger partial charge in [-0.3, -0.25) is 0 Å². The highest BCUT2D eigenvalue weighted by Gasteiger charge is 2.20. The number of β-amino-alcohol motifs (C(OH)–C–C–N with tert-alkyl or cyclic N) is 1. The Balaban J connectivity index is 2.19. The smallest absolute Gasteiger partial charge is 0.0900 e. The van der Waals surface area contributed by atoms with E-state index in [1.54, 1.807) is 0 Å². The quantitative estimate of drug-likeness (QED) is 0.695. The zero-order chi connectivity index (χ0) is 12.0. The Hall–Kier alpha value is -0.160. The van der Waals surface area contributed by atoms with Crippen molar-refractivity contribution in [3.63, 3.8) is 0 Å². The number of likely N-dealkylation sites (tertiary alicyclic amines) is 1. The lowest BCUT2D eigenvalue weighted by molar-refractivity contribution is -0.0132. The Morgan fingerprint density at radius 3 is 2.88 bits per heavy atom. The van der Waals surface area contributed by atoms with E-state index in [4.69, 9.17) is 10.5 Å². The van der Waals surface area contributed by atoms with Gasteiger partial charge >= 0.3 is 0 Å². The zero-order valence-corrected chi connectivity index (χ0v) is 10.6. The molecule has 96 valence electrons. The maximum Gasteiger partial charge on any atom is 0.0900 e. The van der Waals surface area contributed by atoms with Crippen molar-refractivity contribution in [1.29, 1.82) is 0 Å². The van der Waals surface area contributed by atoms with Gasteiger partial charge in [0.1, 0.15) is 0 Å². The third kappa shape index (κ3) is 5.25. The lowest BCUT2D eigenvalue weighted by atomic mass is 9.98. The van der Waals surface area contributed by atoms with Gasteiger partial charge in [-0.25, -0.2) is 0 Å². The fourth-order valence-corrected chi connectivity index (χ4v) is 2.16. The highest BCUT2D eigenvalue weighted by atomic mass is 16.5. The number of hydrogen-bond donors (Lipinski definition) is 2. The van der Waals surface area contributed by atoms with Crippen molar-refractivity contribution in [2.24, 2.45) is 11.7 Å². The molecule has 16 heavy (non-hydrogen) atoms. The van der Waals surface area contributed by atoms with Gasteiger partial charge in [0.05, 0.1) is 18.8 Å². The third-order valence-electron chi connectivity index (χ3n) is 3.03. The standard InChI is InChI=1S/C12H26N2O2/c1-10(2)16-9-12(15)8-14-5-3-4-11(6-13)7-14/h10-12,15H,3-9,13H2,1-2H3. The molecular weight excluding hydrogens is 204 g/mol. The SMILES string of the molecule is CC(C)OCC(O)CN1CCCC(CN)C1. The number of nitrogens with two attached hydrogens (primary N) is 1. The van der Waals surface area contributed by atoms with Crippen molar-refractivity contribution in [2.75, 3.05) is 32.8 Å². The second-order valence-corrected chi connectivity index (χ2v) is 5.04. The summed E-state index contributed by atoms with van der Waals surface area (Å²) in [7, 11) is 0. The van der Waals surface area contributed by atoms with Crippen LogP contribution in [0.1, 0.15) is 26.7 Å². The molecule has 1 aliphatic rings. The van der Waals surface area contributed by atoms with Crippen LogP contribution in [0.15, 0.2) is 0 Å². The van der Waals surface area contributed by atoms with E-state index < -0.39 is 0 Å². The van der Waals surface area contributed by atoms with Crippen molar-refractivity contribution in [1.82, 2.24) is 4.90 Å². The first kappa shape index (κ1) is 13.9. The molecule has 1 aliphatic heterocycles. The Morgan fingerprint density at radius 1 is 1.50 bits per heavy atom. The molecule has 2 unspecified atom stereocenters. The van der Waals surface area contributed by atoms with Crippen molar-refractivity contribution in [3.05, 3.63) is 0 Å². The molecule has 1 fully saturated rings. The van der Waals surface area contributed by atoms with Crippen LogP contribution in [-0.4, -0.2) is 55.0 Å². The van der Waals surface area contributed by atoms with E-state index in [0.717, 1.165) is 19.6 Å². The molecule has 0 amide bonds. The highest BCUT2D eigenvalue weighted by molar-refractivity contribution is 4.75. The Labute approximate surface area is 98.8 Å². The van der Waals surface area contributed by atoms with E-state index in [1.165, 1.54) is 12.8 Å². The van der Waals surface area contributed by atoms with E-state index >= 15 is 0 Å². The Kier molecular flexibility index (Phi) is 6.28. The lowest BCUT2D eigenvalue weighted by Crippen LogP contribution is -2.43. The summed E-state index contributed by atoms with van der Waals surface area (Å²) in [6, 6.07) is 0. The van der Waals surface area contributed by atoms with Gasteiger partial charge in [-0.1, -0.05) is 0 Å². The predicted molar refractivity (Wildman–Crippen MR) is 65.3 cm³/mol. The average molecular weight is 230 g/mol. The van der Waals surface area contributed by atoms with E-state index in [0.29, 0.717) is 19.1 Å². The van der Waals surface area contributed by atoms with Crippen molar-refractivity contribution in [2.45, 2.75) is 38.9 Å². The van der Waals surface area contributed by atoms with Crippen LogP contribution >= 0.6 is 0 Å². The van der Waals surface area contributed by atoms with E-state index in [-0.39, 0.29) is 12.2 Å². The van der Waals surface area contributed by atoms with Gasteiger partial charge < -0.3 is 20.5 Å². The molecule has 0 radical (unpaired) electrons. The minimum Gasteiger partial charge on any atom is -0.389 e. The first-order valence-corrected chi connectivity index (χ1v) is 6.34. The molecule has 0 aromatic heterocycles. The predicted octanol–water partition coefficient (Wildman–Crippen LogP) is 0.443. The number of piperidine rings is 1. The fourth-order valence-electron chi connectivity index (χ4n) is 2.16. The number of hydrogen-bond acceptors (Lipinski definition) is 4. The van der Waals surface area contributed by atoms with Gasteiger partial charge in [-0.05, 0) is 45.7 Å². The van der Waals surface area contributed by atoms with Crippen LogP contribution in [0.4, 0.5) is 0 Å². The van der Waals surface area contributed by atoms with Crippen LogP contribution in [0, 0.1) is 5.92 Å². The molecule has 0 spiro atoms. The molecule has 0 bridgehead atoms. The fraction of sp³-hybridized carbons (Fsp3) is 1.00. The molecule has 0 aromatic carbocycles. The maximum absolute atomic E-state index is 9.81. The van der Waals surface area contributed by atoms with Gasteiger partial charge in [-0.15, -0.1) is 0 Å². The number of ether oxygens (including phenoxy) is 1. The summed E-state index contributed by atoms with van der Waals surface area (Å²) in [6.45, 7) is 7.97. The van der Waals surface area contributed by atoms with E-state index in [1.807, 2.05) is 13.8 Å². The Bertz CT molecular complexity index is 188. The van der Waals surface area contributed by atoms with E-state index in [9.17, 15) is 5.11 Å². The first-order chi connectivity index (χ1) is 7.61. The van der Waals surface area contributed by atoms with Gasteiger partial charge in [-0.2, -0.15) is 0 Å². The minimum absolute atomic E-state index is 0.188. The van der Waals surface area contributed by atoms with Crippen molar-refractivity contribution >= 4 is 0 Å². The first-order valence-electron chi connectivity index (χ1n) is 6.34. The summed E-state index contributed by atoms with van der Waals surface area (Å²) in [5, 5.41) is 9.81. The topological polar surface area (TPSA) is 58.7 Å². The van der Waals surface area contributed by atoms with E-state index in [2.05, 4.69) is 4.90 Å². The minimum atomic E-state index is -0.376. The van der Waals surface area contributed by atoms with Crippen LogP contribution in [-0.2, 0) is 4.74 Å².